The Morgan fingerprint density at radius 1 is 1.03 bits per heavy atom. The number of hydrogen-bond donors (Lipinski definition) is 1. The van der Waals surface area contributed by atoms with Crippen molar-refractivity contribution in [3.63, 3.8) is 0 Å². The van der Waals surface area contributed by atoms with Gasteiger partial charge < -0.3 is 15.0 Å². The van der Waals surface area contributed by atoms with E-state index in [0.717, 1.165) is 34.2 Å². The van der Waals surface area contributed by atoms with Gasteiger partial charge in [0.1, 0.15) is 11.9 Å². The molecule has 4 rings (SSSR count). The summed E-state index contributed by atoms with van der Waals surface area (Å²) >= 11 is 0. The molecule has 0 fully saturated rings. The lowest BCUT2D eigenvalue weighted by Gasteiger charge is -2.38. The molecule has 0 aliphatic carbocycles. The van der Waals surface area contributed by atoms with Crippen molar-refractivity contribution < 1.29 is 9.53 Å². The zero-order valence-corrected chi connectivity index (χ0v) is 17.3. The Labute approximate surface area is 172 Å². The Kier molecular flexibility index (Phi) is 5.43. The summed E-state index contributed by atoms with van der Waals surface area (Å²) in [6, 6.07) is 20.1. The van der Waals surface area contributed by atoms with Crippen molar-refractivity contribution in [2.75, 3.05) is 18.5 Å². The summed E-state index contributed by atoms with van der Waals surface area (Å²) in [5.41, 5.74) is 2.61. The molecule has 1 atom stereocenters. The molecule has 1 unspecified atom stereocenters. The molecule has 150 valence electrons. The number of nitrogens with zero attached hydrogens (tertiary/aromatic N) is 1. The number of fused-ring (bicyclic) bond motifs is 2. The Morgan fingerprint density at radius 2 is 1.79 bits per heavy atom. The van der Waals surface area contributed by atoms with E-state index in [1.165, 1.54) is 0 Å². The lowest BCUT2D eigenvalue weighted by Crippen LogP contribution is -2.43. The molecular formula is C25H28N2O2. The highest BCUT2D eigenvalue weighted by molar-refractivity contribution is 6.02. The van der Waals surface area contributed by atoms with E-state index >= 15 is 0 Å². The standard InChI is InChI=1S/C25H28N2O2/c1-4-27-24(26-21-12-8-7-11-20(21)25(27)28)23-19-10-6-5-9-18(19)13-14-22(23)29-16-15-17(2)3/h5-14,17,24,26H,4,15-16H2,1-3H3. The maximum absolute atomic E-state index is 13.2. The Hall–Kier alpha value is -3.01. The van der Waals surface area contributed by atoms with Gasteiger partial charge in [-0.3, -0.25) is 4.79 Å². The molecule has 4 nitrogen and oxygen atoms in total. The van der Waals surface area contributed by atoms with Gasteiger partial charge in [0, 0.05) is 17.8 Å². The number of carbonyl (C=O) groups excluding carboxylic acids is 1. The first-order valence-corrected chi connectivity index (χ1v) is 10.4. The third-order valence-corrected chi connectivity index (χ3v) is 5.52. The SMILES string of the molecule is CCN1C(=O)c2ccccc2NC1c1c(OCCC(C)C)ccc2ccccc12. The number of para-hydroxylation sites is 1. The number of ether oxygens (including phenoxy) is 1. The lowest BCUT2D eigenvalue weighted by molar-refractivity contribution is 0.0693. The number of carbonyl (C=O) groups is 1. The summed E-state index contributed by atoms with van der Waals surface area (Å²) in [5, 5.41) is 5.85. The Bertz CT molecular complexity index is 1030. The molecule has 0 aromatic heterocycles. The van der Waals surface area contributed by atoms with Crippen LogP contribution in [0.25, 0.3) is 10.8 Å². The molecule has 0 spiro atoms. The second-order valence-electron chi connectivity index (χ2n) is 7.91. The highest BCUT2D eigenvalue weighted by atomic mass is 16.5. The summed E-state index contributed by atoms with van der Waals surface area (Å²) in [6.45, 7) is 7.68. The van der Waals surface area contributed by atoms with E-state index < -0.39 is 0 Å². The van der Waals surface area contributed by atoms with E-state index in [1.54, 1.807) is 0 Å². The highest BCUT2D eigenvalue weighted by Crippen LogP contribution is 2.40. The topological polar surface area (TPSA) is 41.6 Å². The van der Waals surface area contributed by atoms with Crippen LogP contribution in [0.4, 0.5) is 5.69 Å². The Balaban J connectivity index is 1.83. The number of rotatable bonds is 6. The summed E-state index contributed by atoms with van der Waals surface area (Å²) in [4.78, 5) is 15.1. The van der Waals surface area contributed by atoms with Crippen LogP contribution < -0.4 is 10.1 Å². The normalized spacial score (nSPS) is 16.1. The summed E-state index contributed by atoms with van der Waals surface area (Å²) < 4.78 is 6.25. The number of hydrogen-bond acceptors (Lipinski definition) is 3. The van der Waals surface area contributed by atoms with Gasteiger partial charge >= 0.3 is 0 Å². The zero-order chi connectivity index (χ0) is 20.4. The average Bonchev–Trinajstić information content (AvgIpc) is 2.73. The number of benzene rings is 3. The van der Waals surface area contributed by atoms with E-state index in [0.29, 0.717) is 24.6 Å². The van der Waals surface area contributed by atoms with Crippen molar-refractivity contribution >= 4 is 22.4 Å². The molecular weight excluding hydrogens is 360 g/mol. The smallest absolute Gasteiger partial charge is 0.257 e. The molecule has 3 aromatic rings. The van der Waals surface area contributed by atoms with Gasteiger partial charge in [-0.25, -0.2) is 0 Å². The fourth-order valence-corrected chi connectivity index (χ4v) is 3.93. The summed E-state index contributed by atoms with van der Waals surface area (Å²) in [7, 11) is 0. The van der Waals surface area contributed by atoms with Gasteiger partial charge in [0.25, 0.3) is 5.91 Å². The molecule has 1 aliphatic rings. The van der Waals surface area contributed by atoms with E-state index in [1.807, 2.05) is 54.3 Å². The van der Waals surface area contributed by atoms with Gasteiger partial charge in [0.2, 0.25) is 0 Å². The first-order valence-electron chi connectivity index (χ1n) is 10.4. The summed E-state index contributed by atoms with van der Waals surface area (Å²) in [5.74, 6) is 1.47. The first-order chi connectivity index (χ1) is 14.1. The van der Waals surface area contributed by atoms with Gasteiger partial charge in [0.15, 0.2) is 0 Å². The largest absolute Gasteiger partial charge is 0.493 e. The minimum atomic E-state index is -0.275. The highest BCUT2D eigenvalue weighted by Gasteiger charge is 2.34. The molecule has 1 aliphatic heterocycles. The van der Waals surface area contributed by atoms with Crippen molar-refractivity contribution in [2.45, 2.75) is 33.4 Å². The van der Waals surface area contributed by atoms with Crippen molar-refractivity contribution in [3.05, 3.63) is 71.8 Å². The van der Waals surface area contributed by atoms with Crippen LogP contribution in [-0.4, -0.2) is 24.0 Å². The van der Waals surface area contributed by atoms with Crippen molar-refractivity contribution in [2.24, 2.45) is 5.92 Å². The van der Waals surface area contributed by atoms with Crippen LogP contribution in [0.15, 0.2) is 60.7 Å². The van der Waals surface area contributed by atoms with Crippen molar-refractivity contribution in [3.8, 4) is 5.75 Å². The molecule has 1 heterocycles. The molecule has 4 heteroatoms. The van der Waals surface area contributed by atoms with Crippen LogP contribution in [0.1, 0.15) is 49.3 Å². The minimum Gasteiger partial charge on any atom is -0.493 e. The first kappa shape index (κ1) is 19.3. The van der Waals surface area contributed by atoms with E-state index in [4.69, 9.17) is 4.74 Å². The zero-order valence-electron chi connectivity index (χ0n) is 17.3. The van der Waals surface area contributed by atoms with Gasteiger partial charge in [-0.05, 0) is 48.2 Å². The minimum absolute atomic E-state index is 0.0490. The van der Waals surface area contributed by atoms with Crippen molar-refractivity contribution in [1.29, 1.82) is 0 Å². The van der Waals surface area contributed by atoms with E-state index in [-0.39, 0.29) is 12.1 Å². The van der Waals surface area contributed by atoms with Crippen LogP contribution in [0, 0.1) is 5.92 Å². The van der Waals surface area contributed by atoms with Gasteiger partial charge in [0.05, 0.1) is 12.2 Å². The molecule has 0 saturated heterocycles. The summed E-state index contributed by atoms with van der Waals surface area (Å²) in [6.07, 6.45) is 0.714. The van der Waals surface area contributed by atoms with Crippen LogP contribution in [0.3, 0.4) is 0 Å². The average molecular weight is 389 g/mol. The van der Waals surface area contributed by atoms with E-state index in [2.05, 4.69) is 37.4 Å². The van der Waals surface area contributed by atoms with Crippen LogP contribution in [-0.2, 0) is 0 Å². The number of anilines is 1. The monoisotopic (exact) mass is 388 g/mol. The third-order valence-electron chi connectivity index (χ3n) is 5.52. The quantitative estimate of drug-likeness (QED) is 0.576. The lowest BCUT2D eigenvalue weighted by atomic mass is 9.97. The van der Waals surface area contributed by atoms with Crippen molar-refractivity contribution in [1.82, 2.24) is 4.90 Å². The molecule has 0 bridgehead atoms. The predicted octanol–water partition coefficient (Wildman–Crippen LogP) is 5.85. The second kappa shape index (κ2) is 8.16. The molecule has 29 heavy (non-hydrogen) atoms. The third kappa shape index (κ3) is 3.67. The molecule has 3 aromatic carbocycles. The van der Waals surface area contributed by atoms with Crippen LogP contribution in [0.2, 0.25) is 0 Å². The van der Waals surface area contributed by atoms with Gasteiger partial charge in [-0.1, -0.05) is 56.3 Å². The maximum Gasteiger partial charge on any atom is 0.257 e. The Morgan fingerprint density at radius 3 is 2.59 bits per heavy atom. The number of amides is 1. The van der Waals surface area contributed by atoms with Crippen LogP contribution >= 0.6 is 0 Å². The fourth-order valence-electron chi connectivity index (χ4n) is 3.93. The molecule has 1 N–H and O–H groups in total. The fraction of sp³-hybridized carbons (Fsp3) is 0.320. The maximum atomic E-state index is 13.2. The second-order valence-corrected chi connectivity index (χ2v) is 7.91. The van der Waals surface area contributed by atoms with Crippen LogP contribution in [0.5, 0.6) is 5.75 Å². The molecule has 0 radical (unpaired) electrons. The van der Waals surface area contributed by atoms with Gasteiger partial charge in [-0.15, -0.1) is 0 Å². The number of nitrogens with one attached hydrogen (secondary N) is 1. The van der Waals surface area contributed by atoms with E-state index in [9.17, 15) is 4.79 Å². The molecule has 0 saturated carbocycles. The predicted molar refractivity (Wildman–Crippen MR) is 118 cm³/mol. The molecule has 1 amide bonds. The van der Waals surface area contributed by atoms with Gasteiger partial charge in [-0.2, -0.15) is 0 Å².